The number of rotatable bonds is 2. The van der Waals surface area contributed by atoms with Crippen LogP contribution in [0.4, 0.5) is 13.2 Å². The van der Waals surface area contributed by atoms with Gasteiger partial charge in [-0.15, -0.1) is 0 Å². The van der Waals surface area contributed by atoms with Crippen molar-refractivity contribution in [2.24, 2.45) is 0 Å². The molecule has 1 unspecified atom stereocenters. The first-order valence-corrected chi connectivity index (χ1v) is 5.94. The zero-order valence-electron chi connectivity index (χ0n) is 9.30. The number of aliphatic hydroxyl groups excluding tert-OH is 1. The molecule has 0 aliphatic carbocycles. The lowest BCUT2D eigenvalue weighted by molar-refractivity contribution is 0.214. The molecule has 0 aromatic heterocycles. The van der Waals surface area contributed by atoms with Crippen molar-refractivity contribution in [2.45, 2.75) is 6.10 Å². The van der Waals surface area contributed by atoms with E-state index in [0.717, 1.165) is 0 Å². The molecule has 0 bridgehead atoms. The summed E-state index contributed by atoms with van der Waals surface area (Å²) in [6, 6.07) is 5.37. The standard InChI is InChI=1S/C13H7Cl2F3O/c14-8-3-1-2-6(12(8)15)13(19)7-4-10(17)11(18)5-9(7)16/h1-5,13,19H. The number of hydrogen-bond donors (Lipinski definition) is 1. The maximum absolute atomic E-state index is 13.6. The molecule has 0 fully saturated rings. The van der Waals surface area contributed by atoms with Gasteiger partial charge < -0.3 is 5.11 Å². The largest absolute Gasteiger partial charge is 0.383 e. The molecule has 0 radical (unpaired) electrons. The fourth-order valence-corrected chi connectivity index (χ4v) is 2.06. The van der Waals surface area contributed by atoms with Gasteiger partial charge >= 0.3 is 0 Å². The number of hydrogen-bond acceptors (Lipinski definition) is 1. The second kappa shape index (κ2) is 5.41. The quantitative estimate of drug-likeness (QED) is 0.810. The van der Waals surface area contributed by atoms with E-state index in [1.54, 1.807) is 0 Å². The molecule has 0 saturated carbocycles. The summed E-state index contributed by atoms with van der Waals surface area (Å²) in [5.41, 5.74) is -0.304. The Labute approximate surface area is 117 Å². The molecule has 0 heterocycles. The van der Waals surface area contributed by atoms with Crippen LogP contribution in [0.15, 0.2) is 30.3 Å². The van der Waals surface area contributed by atoms with Crippen molar-refractivity contribution in [3.8, 4) is 0 Å². The Bertz CT molecular complexity index is 632. The van der Waals surface area contributed by atoms with E-state index in [2.05, 4.69) is 0 Å². The van der Waals surface area contributed by atoms with Gasteiger partial charge in [0.15, 0.2) is 11.6 Å². The van der Waals surface area contributed by atoms with Crippen LogP contribution in [0, 0.1) is 17.5 Å². The van der Waals surface area contributed by atoms with Crippen LogP contribution in [0.2, 0.25) is 10.0 Å². The van der Waals surface area contributed by atoms with E-state index in [1.165, 1.54) is 18.2 Å². The average molecular weight is 307 g/mol. The number of aliphatic hydroxyl groups is 1. The summed E-state index contributed by atoms with van der Waals surface area (Å²) in [7, 11) is 0. The maximum atomic E-state index is 13.6. The predicted molar refractivity (Wildman–Crippen MR) is 66.8 cm³/mol. The molecule has 0 spiro atoms. The average Bonchev–Trinajstić information content (AvgIpc) is 2.36. The van der Waals surface area contributed by atoms with Crippen molar-refractivity contribution in [1.82, 2.24) is 0 Å². The zero-order valence-corrected chi connectivity index (χ0v) is 10.8. The van der Waals surface area contributed by atoms with Crippen LogP contribution in [-0.4, -0.2) is 5.11 Å². The molecule has 2 aromatic rings. The van der Waals surface area contributed by atoms with Gasteiger partial charge in [0.1, 0.15) is 11.9 Å². The van der Waals surface area contributed by atoms with E-state index >= 15 is 0 Å². The van der Waals surface area contributed by atoms with Crippen LogP contribution in [0.25, 0.3) is 0 Å². The van der Waals surface area contributed by atoms with Crippen molar-refractivity contribution in [1.29, 1.82) is 0 Å². The summed E-state index contributed by atoms with van der Waals surface area (Å²) >= 11 is 11.6. The van der Waals surface area contributed by atoms with Crippen molar-refractivity contribution in [3.63, 3.8) is 0 Å². The molecule has 1 atom stereocenters. The Morgan fingerprint density at radius 3 is 2.21 bits per heavy atom. The summed E-state index contributed by atoms with van der Waals surface area (Å²) in [5.74, 6) is -3.65. The monoisotopic (exact) mass is 306 g/mol. The van der Waals surface area contributed by atoms with Crippen molar-refractivity contribution in [3.05, 3.63) is 69.0 Å². The van der Waals surface area contributed by atoms with Crippen LogP contribution in [-0.2, 0) is 0 Å². The highest BCUT2D eigenvalue weighted by atomic mass is 35.5. The molecule has 1 nitrogen and oxygen atoms in total. The van der Waals surface area contributed by atoms with Gasteiger partial charge in [0.25, 0.3) is 0 Å². The normalized spacial score (nSPS) is 12.5. The minimum Gasteiger partial charge on any atom is -0.383 e. The Morgan fingerprint density at radius 2 is 1.53 bits per heavy atom. The Hall–Kier alpha value is -1.23. The first kappa shape index (κ1) is 14.2. The molecule has 0 saturated heterocycles. The lowest BCUT2D eigenvalue weighted by Gasteiger charge is -2.15. The summed E-state index contributed by atoms with van der Waals surface area (Å²) in [6.45, 7) is 0. The van der Waals surface area contributed by atoms with E-state index < -0.39 is 29.1 Å². The van der Waals surface area contributed by atoms with Crippen molar-refractivity contribution >= 4 is 23.2 Å². The molecule has 2 rings (SSSR count). The topological polar surface area (TPSA) is 20.2 Å². The molecule has 19 heavy (non-hydrogen) atoms. The van der Waals surface area contributed by atoms with E-state index in [1.807, 2.05) is 0 Å². The molecule has 1 N–H and O–H groups in total. The van der Waals surface area contributed by atoms with Crippen LogP contribution >= 0.6 is 23.2 Å². The van der Waals surface area contributed by atoms with Crippen molar-refractivity contribution in [2.75, 3.05) is 0 Å². The predicted octanol–water partition coefficient (Wildman–Crippen LogP) is 4.49. The highest BCUT2D eigenvalue weighted by Crippen LogP contribution is 2.34. The molecule has 2 aromatic carbocycles. The zero-order chi connectivity index (χ0) is 14.2. The lowest BCUT2D eigenvalue weighted by atomic mass is 10.0. The molecule has 0 amide bonds. The smallest absolute Gasteiger partial charge is 0.161 e. The van der Waals surface area contributed by atoms with Gasteiger partial charge in [0.05, 0.1) is 10.0 Å². The van der Waals surface area contributed by atoms with Gasteiger partial charge in [-0.2, -0.15) is 0 Å². The highest BCUT2D eigenvalue weighted by molar-refractivity contribution is 6.42. The Balaban J connectivity index is 2.53. The second-order valence-corrected chi connectivity index (χ2v) is 4.62. The fraction of sp³-hybridized carbons (Fsp3) is 0.0769. The first-order chi connectivity index (χ1) is 8.91. The third kappa shape index (κ3) is 2.71. The fourth-order valence-electron chi connectivity index (χ4n) is 1.65. The molecule has 0 aliphatic rings. The van der Waals surface area contributed by atoms with Gasteiger partial charge in [-0.1, -0.05) is 35.3 Å². The van der Waals surface area contributed by atoms with Crippen LogP contribution in [0.1, 0.15) is 17.2 Å². The molecule has 0 aliphatic heterocycles. The van der Waals surface area contributed by atoms with E-state index in [0.29, 0.717) is 12.1 Å². The second-order valence-electron chi connectivity index (χ2n) is 3.83. The van der Waals surface area contributed by atoms with Gasteiger partial charge in [0, 0.05) is 17.2 Å². The molecule has 100 valence electrons. The van der Waals surface area contributed by atoms with Gasteiger partial charge in [0.2, 0.25) is 0 Å². The van der Waals surface area contributed by atoms with Gasteiger partial charge in [-0.3, -0.25) is 0 Å². The van der Waals surface area contributed by atoms with Crippen LogP contribution < -0.4 is 0 Å². The van der Waals surface area contributed by atoms with E-state index in [-0.39, 0.29) is 15.6 Å². The highest BCUT2D eigenvalue weighted by Gasteiger charge is 2.21. The van der Waals surface area contributed by atoms with Gasteiger partial charge in [-0.25, -0.2) is 13.2 Å². The van der Waals surface area contributed by atoms with Crippen LogP contribution in [0.5, 0.6) is 0 Å². The third-order valence-corrected chi connectivity index (χ3v) is 3.44. The summed E-state index contributed by atoms with van der Waals surface area (Å²) < 4.78 is 39.5. The molecule has 6 heteroatoms. The third-order valence-electron chi connectivity index (χ3n) is 2.61. The van der Waals surface area contributed by atoms with Crippen molar-refractivity contribution < 1.29 is 18.3 Å². The summed E-state index contributed by atoms with van der Waals surface area (Å²) in [5, 5.41) is 10.2. The minimum atomic E-state index is -1.54. The molecular formula is C13H7Cl2F3O. The van der Waals surface area contributed by atoms with E-state index in [9.17, 15) is 18.3 Å². The number of benzene rings is 2. The van der Waals surface area contributed by atoms with Crippen LogP contribution in [0.3, 0.4) is 0 Å². The summed E-state index contributed by atoms with van der Waals surface area (Å²) in [4.78, 5) is 0. The van der Waals surface area contributed by atoms with E-state index in [4.69, 9.17) is 23.2 Å². The maximum Gasteiger partial charge on any atom is 0.161 e. The van der Waals surface area contributed by atoms with Gasteiger partial charge in [-0.05, 0) is 12.1 Å². The SMILES string of the molecule is OC(c1cc(F)c(F)cc1F)c1cccc(Cl)c1Cl. The molecular weight excluding hydrogens is 300 g/mol. The summed E-state index contributed by atoms with van der Waals surface area (Å²) in [6.07, 6.45) is -1.54. The number of halogens is 5. The first-order valence-electron chi connectivity index (χ1n) is 5.18. The lowest BCUT2D eigenvalue weighted by Crippen LogP contribution is -2.05. The minimum absolute atomic E-state index is 0.0285. The Morgan fingerprint density at radius 1 is 0.895 bits per heavy atom. The Kier molecular flexibility index (Phi) is 4.04.